The molecule has 0 spiro atoms. The summed E-state index contributed by atoms with van der Waals surface area (Å²) in [5.41, 5.74) is 2.01. The van der Waals surface area contributed by atoms with Gasteiger partial charge >= 0.3 is 0 Å². The minimum Gasteiger partial charge on any atom is -0.321 e. The van der Waals surface area contributed by atoms with Crippen molar-refractivity contribution in [3.63, 3.8) is 0 Å². The van der Waals surface area contributed by atoms with E-state index in [0.717, 1.165) is 23.5 Å². The van der Waals surface area contributed by atoms with Crippen molar-refractivity contribution >= 4 is 33.8 Å². The summed E-state index contributed by atoms with van der Waals surface area (Å²) >= 11 is 1.30. The van der Waals surface area contributed by atoms with E-state index in [2.05, 4.69) is 24.5 Å². The molecule has 2 N–H and O–H groups in total. The van der Waals surface area contributed by atoms with E-state index in [-0.39, 0.29) is 17.7 Å². The second kappa shape index (κ2) is 6.54. The summed E-state index contributed by atoms with van der Waals surface area (Å²) in [6.45, 7) is 4.27. The molecular formula is C18H20N2O2S. The molecule has 0 radical (unpaired) electrons. The number of hydrogen-bond acceptors (Lipinski definition) is 3. The highest BCUT2D eigenvalue weighted by Crippen LogP contribution is 2.31. The van der Waals surface area contributed by atoms with Gasteiger partial charge in [-0.2, -0.15) is 0 Å². The Hall–Kier alpha value is -2.14. The van der Waals surface area contributed by atoms with Gasteiger partial charge in [0.25, 0.3) is 5.91 Å². The average molecular weight is 328 g/mol. The van der Waals surface area contributed by atoms with Crippen LogP contribution in [0.3, 0.4) is 0 Å². The Morgan fingerprint density at radius 1 is 1.04 bits per heavy atom. The van der Waals surface area contributed by atoms with Crippen LogP contribution in [0.1, 0.15) is 47.8 Å². The van der Waals surface area contributed by atoms with Crippen LogP contribution in [0.5, 0.6) is 0 Å². The standard InChI is InChI=1S/C18H20N2O2S/c1-11(2)12-5-7-14(8-6-12)19-18(22)15-9-10-16(23-15)20-17(21)13-3-4-13/h5-11,13H,3-4H2,1-2H3,(H,19,22)(H,20,21). The zero-order chi connectivity index (χ0) is 16.4. The van der Waals surface area contributed by atoms with Crippen molar-refractivity contribution in [2.75, 3.05) is 10.6 Å². The molecule has 1 aliphatic carbocycles. The van der Waals surface area contributed by atoms with Gasteiger partial charge in [0.15, 0.2) is 0 Å². The van der Waals surface area contributed by atoms with Gasteiger partial charge in [0.05, 0.1) is 9.88 Å². The summed E-state index contributed by atoms with van der Waals surface area (Å²) < 4.78 is 0. The van der Waals surface area contributed by atoms with Crippen molar-refractivity contribution in [3.8, 4) is 0 Å². The fourth-order valence-electron chi connectivity index (χ4n) is 2.24. The van der Waals surface area contributed by atoms with Crippen LogP contribution < -0.4 is 10.6 Å². The van der Waals surface area contributed by atoms with E-state index in [9.17, 15) is 9.59 Å². The number of rotatable bonds is 5. The van der Waals surface area contributed by atoms with Crippen LogP contribution >= 0.6 is 11.3 Å². The predicted molar refractivity (Wildman–Crippen MR) is 94.2 cm³/mol. The summed E-state index contributed by atoms with van der Waals surface area (Å²) in [6.07, 6.45) is 1.94. The molecule has 1 fully saturated rings. The first-order valence-electron chi connectivity index (χ1n) is 7.85. The molecule has 1 aromatic heterocycles. The molecule has 0 saturated heterocycles. The van der Waals surface area contributed by atoms with Crippen molar-refractivity contribution in [1.29, 1.82) is 0 Å². The topological polar surface area (TPSA) is 58.2 Å². The molecule has 1 aliphatic rings. The number of nitrogens with one attached hydrogen (secondary N) is 2. The molecule has 2 aromatic rings. The predicted octanol–water partition coefficient (Wildman–Crippen LogP) is 4.47. The largest absolute Gasteiger partial charge is 0.321 e. The lowest BCUT2D eigenvalue weighted by molar-refractivity contribution is -0.117. The Bertz CT molecular complexity index is 715. The summed E-state index contributed by atoms with van der Waals surface area (Å²) in [7, 11) is 0. The quantitative estimate of drug-likeness (QED) is 0.850. The zero-order valence-electron chi connectivity index (χ0n) is 13.3. The third-order valence-electron chi connectivity index (χ3n) is 3.86. The van der Waals surface area contributed by atoms with Crippen molar-refractivity contribution in [1.82, 2.24) is 0 Å². The fourth-order valence-corrected chi connectivity index (χ4v) is 3.04. The summed E-state index contributed by atoms with van der Waals surface area (Å²) in [6, 6.07) is 11.4. The Balaban J connectivity index is 1.61. The molecule has 0 atom stereocenters. The van der Waals surface area contributed by atoms with Crippen LogP contribution in [0.4, 0.5) is 10.7 Å². The summed E-state index contributed by atoms with van der Waals surface area (Å²) in [5.74, 6) is 0.533. The fraction of sp³-hybridized carbons (Fsp3) is 0.333. The lowest BCUT2D eigenvalue weighted by atomic mass is 10.0. The molecule has 23 heavy (non-hydrogen) atoms. The molecule has 1 aromatic carbocycles. The molecular weight excluding hydrogens is 308 g/mol. The van der Waals surface area contributed by atoms with Crippen LogP contribution in [0.2, 0.25) is 0 Å². The Kier molecular flexibility index (Phi) is 4.48. The number of anilines is 2. The van der Waals surface area contributed by atoms with Gasteiger partial charge in [0.2, 0.25) is 5.91 Å². The average Bonchev–Trinajstić information content (AvgIpc) is 3.28. The van der Waals surface area contributed by atoms with E-state index in [1.165, 1.54) is 16.9 Å². The maximum absolute atomic E-state index is 12.3. The maximum Gasteiger partial charge on any atom is 0.265 e. The number of carbonyl (C=O) groups is 2. The third-order valence-corrected chi connectivity index (χ3v) is 4.86. The van der Waals surface area contributed by atoms with Crippen molar-refractivity contribution in [2.45, 2.75) is 32.6 Å². The number of benzene rings is 1. The molecule has 0 unspecified atom stereocenters. The maximum atomic E-state index is 12.3. The molecule has 1 saturated carbocycles. The van der Waals surface area contributed by atoms with E-state index >= 15 is 0 Å². The monoisotopic (exact) mass is 328 g/mol. The van der Waals surface area contributed by atoms with E-state index in [0.29, 0.717) is 10.8 Å². The lowest BCUT2D eigenvalue weighted by Crippen LogP contribution is -2.12. The minimum absolute atomic E-state index is 0.0584. The SMILES string of the molecule is CC(C)c1ccc(NC(=O)c2ccc(NC(=O)C3CC3)s2)cc1. The Morgan fingerprint density at radius 3 is 2.35 bits per heavy atom. The van der Waals surface area contributed by atoms with Crippen LogP contribution in [-0.2, 0) is 4.79 Å². The van der Waals surface area contributed by atoms with Gasteiger partial charge in [-0.25, -0.2) is 0 Å². The van der Waals surface area contributed by atoms with Gasteiger partial charge in [-0.05, 0) is 48.6 Å². The minimum atomic E-state index is -0.154. The summed E-state index contributed by atoms with van der Waals surface area (Å²) in [5, 5.41) is 6.47. The molecule has 0 aliphatic heterocycles. The normalized spacial score (nSPS) is 13.9. The van der Waals surface area contributed by atoms with E-state index in [1.54, 1.807) is 12.1 Å². The van der Waals surface area contributed by atoms with Gasteiger partial charge in [-0.3, -0.25) is 9.59 Å². The van der Waals surface area contributed by atoms with Gasteiger partial charge in [-0.15, -0.1) is 11.3 Å². The van der Waals surface area contributed by atoms with Crippen LogP contribution in [0, 0.1) is 5.92 Å². The van der Waals surface area contributed by atoms with Crippen LogP contribution in [0.25, 0.3) is 0 Å². The first-order chi connectivity index (χ1) is 11.0. The smallest absolute Gasteiger partial charge is 0.265 e. The molecule has 3 rings (SSSR count). The highest BCUT2D eigenvalue weighted by molar-refractivity contribution is 7.18. The molecule has 4 nitrogen and oxygen atoms in total. The molecule has 120 valence electrons. The number of hydrogen-bond donors (Lipinski definition) is 2. The van der Waals surface area contributed by atoms with Gasteiger partial charge < -0.3 is 10.6 Å². The molecule has 0 bridgehead atoms. The number of carbonyl (C=O) groups excluding carboxylic acids is 2. The van der Waals surface area contributed by atoms with E-state index < -0.39 is 0 Å². The van der Waals surface area contributed by atoms with E-state index in [4.69, 9.17) is 0 Å². The Morgan fingerprint density at radius 2 is 1.74 bits per heavy atom. The molecule has 2 amide bonds. The second-order valence-electron chi connectivity index (χ2n) is 6.16. The molecule has 1 heterocycles. The van der Waals surface area contributed by atoms with Gasteiger partial charge in [0, 0.05) is 11.6 Å². The van der Waals surface area contributed by atoms with E-state index in [1.807, 2.05) is 24.3 Å². The Labute approximate surface area is 139 Å². The first kappa shape index (κ1) is 15.7. The number of amides is 2. The van der Waals surface area contributed by atoms with Gasteiger partial charge in [-0.1, -0.05) is 26.0 Å². The summed E-state index contributed by atoms with van der Waals surface area (Å²) in [4.78, 5) is 24.6. The molecule has 5 heteroatoms. The number of thiophene rings is 1. The highest BCUT2D eigenvalue weighted by Gasteiger charge is 2.29. The van der Waals surface area contributed by atoms with Crippen LogP contribution in [0.15, 0.2) is 36.4 Å². The van der Waals surface area contributed by atoms with Gasteiger partial charge in [0.1, 0.15) is 0 Å². The van der Waals surface area contributed by atoms with Crippen molar-refractivity contribution in [3.05, 3.63) is 46.8 Å². The first-order valence-corrected chi connectivity index (χ1v) is 8.66. The highest BCUT2D eigenvalue weighted by atomic mass is 32.1. The van der Waals surface area contributed by atoms with Crippen molar-refractivity contribution < 1.29 is 9.59 Å². The van der Waals surface area contributed by atoms with Crippen LogP contribution in [-0.4, -0.2) is 11.8 Å². The second-order valence-corrected chi connectivity index (χ2v) is 7.24. The van der Waals surface area contributed by atoms with Crippen molar-refractivity contribution in [2.24, 2.45) is 5.92 Å². The third kappa shape index (κ3) is 3.99. The lowest BCUT2D eigenvalue weighted by Gasteiger charge is -2.07. The zero-order valence-corrected chi connectivity index (χ0v) is 14.1.